The normalized spacial score (nSPS) is 11.3. The average Bonchev–Trinajstić information content (AvgIpc) is 2.87. The van der Waals surface area contributed by atoms with Crippen LogP contribution in [-0.4, -0.2) is 46.3 Å². The molecule has 36 heavy (non-hydrogen) atoms. The van der Waals surface area contributed by atoms with Gasteiger partial charge in [0.15, 0.2) is 0 Å². The summed E-state index contributed by atoms with van der Waals surface area (Å²) in [6.07, 6.45) is 0.542. The van der Waals surface area contributed by atoms with Gasteiger partial charge < -0.3 is 25.6 Å². The van der Waals surface area contributed by atoms with Gasteiger partial charge in [0.05, 0.1) is 34.7 Å². The highest BCUT2D eigenvalue weighted by Gasteiger charge is 2.21. The van der Waals surface area contributed by atoms with Gasteiger partial charge >= 0.3 is 11.9 Å². The molecule has 10 heteroatoms. The Hall–Kier alpha value is -4.31. The van der Waals surface area contributed by atoms with Crippen LogP contribution < -0.4 is 15.4 Å². The van der Waals surface area contributed by atoms with E-state index in [2.05, 4.69) is 10.6 Å². The van der Waals surface area contributed by atoms with Gasteiger partial charge in [0.2, 0.25) is 5.91 Å². The lowest BCUT2D eigenvalue weighted by Gasteiger charge is -2.17. The molecule has 4 N–H and O–H groups in total. The number of amides is 2. The highest BCUT2D eigenvalue weighted by Crippen LogP contribution is 2.30. The molecular weight excluding hydrogens is 484 g/mol. The summed E-state index contributed by atoms with van der Waals surface area (Å²) in [6, 6.07) is 17.2. The number of carboxylic acids is 2. The third-order valence-electron chi connectivity index (χ3n) is 5.14. The first-order chi connectivity index (χ1) is 17.2. The number of methoxy groups -OCH3 is 1. The van der Waals surface area contributed by atoms with E-state index in [0.717, 1.165) is 17.0 Å². The van der Waals surface area contributed by atoms with E-state index in [1.165, 1.54) is 24.9 Å². The van der Waals surface area contributed by atoms with E-state index in [1.807, 2.05) is 6.92 Å². The zero-order chi connectivity index (χ0) is 26.2. The highest BCUT2D eigenvalue weighted by atomic mass is 32.2. The maximum atomic E-state index is 12.9. The first-order valence-corrected chi connectivity index (χ1v) is 11.7. The van der Waals surface area contributed by atoms with Crippen LogP contribution in [0.5, 0.6) is 5.75 Å². The molecule has 2 amide bonds. The molecule has 0 bridgehead atoms. The van der Waals surface area contributed by atoms with Crippen LogP contribution in [0, 0.1) is 0 Å². The predicted octanol–water partition coefficient (Wildman–Crippen LogP) is 4.85. The maximum Gasteiger partial charge on any atom is 0.336 e. The second-order valence-electron chi connectivity index (χ2n) is 7.56. The molecule has 0 spiro atoms. The van der Waals surface area contributed by atoms with Crippen molar-refractivity contribution >= 4 is 46.9 Å². The largest absolute Gasteiger partial charge is 0.495 e. The fourth-order valence-corrected chi connectivity index (χ4v) is 4.36. The van der Waals surface area contributed by atoms with E-state index < -0.39 is 28.7 Å². The fraction of sp³-hybridized carbons (Fsp3) is 0.154. The molecule has 1 unspecified atom stereocenters. The molecule has 0 fully saturated rings. The van der Waals surface area contributed by atoms with E-state index in [-0.39, 0.29) is 17.0 Å². The van der Waals surface area contributed by atoms with E-state index in [9.17, 15) is 24.3 Å². The van der Waals surface area contributed by atoms with Gasteiger partial charge in [-0.1, -0.05) is 25.1 Å². The highest BCUT2D eigenvalue weighted by molar-refractivity contribution is 8.00. The Kier molecular flexibility index (Phi) is 8.69. The number of thioether (sulfide) groups is 1. The van der Waals surface area contributed by atoms with Gasteiger partial charge in [-0.15, -0.1) is 11.8 Å². The van der Waals surface area contributed by atoms with Crippen molar-refractivity contribution in [2.75, 3.05) is 17.7 Å². The summed E-state index contributed by atoms with van der Waals surface area (Å²) in [5.74, 6) is -3.07. The van der Waals surface area contributed by atoms with E-state index >= 15 is 0 Å². The Morgan fingerprint density at radius 1 is 0.889 bits per heavy atom. The van der Waals surface area contributed by atoms with Crippen molar-refractivity contribution in [2.24, 2.45) is 0 Å². The van der Waals surface area contributed by atoms with Gasteiger partial charge in [-0.25, -0.2) is 9.59 Å². The lowest BCUT2D eigenvalue weighted by atomic mass is 10.0. The van der Waals surface area contributed by atoms with Crippen LogP contribution in [0.25, 0.3) is 0 Å². The van der Waals surface area contributed by atoms with Crippen molar-refractivity contribution in [1.82, 2.24) is 0 Å². The molecule has 0 heterocycles. The molecule has 1 atom stereocenters. The molecular formula is C26H24N2O7S. The number of para-hydroxylation sites is 2. The summed E-state index contributed by atoms with van der Waals surface area (Å²) in [5, 5.41) is 23.6. The number of ether oxygens (including phenoxy) is 1. The number of nitrogens with one attached hydrogen (secondary N) is 2. The molecule has 3 aromatic carbocycles. The number of anilines is 2. The van der Waals surface area contributed by atoms with Gasteiger partial charge in [-0.3, -0.25) is 9.59 Å². The zero-order valence-corrected chi connectivity index (χ0v) is 20.3. The molecule has 0 radical (unpaired) electrons. The summed E-state index contributed by atoms with van der Waals surface area (Å²) in [4.78, 5) is 49.1. The summed E-state index contributed by atoms with van der Waals surface area (Å²) in [5.41, 5.74) is 0.126. The van der Waals surface area contributed by atoms with Gasteiger partial charge in [0.25, 0.3) is 5.91 Å². The van der Waals surface area contributed by atoms with Crippen LogP contribution in [-0.2, 0) is 4.79 Å². The summed E-state index contributed by atoms with van der Waals surface area (Å²) in [6.45, 7) is 1.89. The van der Waals surface area contributed by atoms with Crippen molar-refractivity contribution in [2.45, 2.75) is 23.5 Å². The van der Waals surface area contributed by atoms with Crippen LogP contribution in [0.4, 0.5) is 11.4 Å². The predicted molar refractivity (Wildman–Crippen MR) is 136 cm³/mol. The van der Waals surface area contributed by atoms with Gasteiger partial charge in [0, 0.05) is 10.6 Å². The third kappa shape index (κ3) is 6.42. The van der Waals surface area contributed by atoms with Crippen molar-refractivity contribution in [3.8, 4) is 5.75 Å². The Labute approximate surface area is 211 Å². The number of benzene rings is 3. The number of hydrogen-bond donors (Lipinski definition) is 4. The fourth-order valence-electron chi connectivity index (χ4n) is 3.35. The van der Waals surface area contributed by atoms with Crippen LogP contribution in [0.3, 0.4) is 0 Å². The van der Waals surface area contributed by atoms with Crippen LogP contribution in [0.15, 0.2) is 71.6 Å². The number of rotatable bonds is 10. The zero-order valence-electron chi connectivity index (χ0n) is 19.5. The monoisotopic (exact) mass is 508 g/mol. The molecule has 0 aliphatic rings. The second-order valence-corrected chi connectivity index (χ2v) is 8.83. The average molecular weight is 509 g/mol. The smallest absolute Gasteiger partial charge is 0.336 e. The molecule has 3 aromatic rings. The number of carboxylic acid groups (broad SMARTS) is 2. The first-order valence-electron chi connectivity index (χ1n) is 10.9. The molecule has 0 saturated carbocycles. The number of carbonyl (C=O) groups excluding carboxylic acids is 2. The van der Waals surface area contributed by atoms with Gasteiger partial charge in [-0.2, -0.15) is 0 Å². The van der Waals surface area contributed by atoms with Gasteiger partial charge in [-0.05, 0) is 55.0 Å². The minimum absolute atomic E-state index is 0.173. The summed E-state index contributed by atoms with van der Waals surface area (Å²) in [7, 11) is 1.52. The molecule has 3 rings (SSSR count). The lowest BCUT2D eigenvalue weighted by molar-refractivity contribution is -0.115. The molecule has 9 nitrogen and oxygen atoms in total. The van der Waals surface area contributed by atoms with Crippen molar-refractivity contribution < 1.29 is 34.1 Å². The lowest BCUT2D eigenvalue weighted by Crippen LogP contribution is -2.24. The second kappa shape index (κ2) is 11.9. The molecule has 0 saturated heterocycles. The van der Waals surface area contributed by atoms with Crippen molar-refractivity contribution in [3.05, 3.63) is 83.4 Å². The number of aromatic carboxylic acids is 2. The molecule has 0 aromatic heterocycles. The Morgan fingerprint density at radius 2 is 1.64 bits per heavy atom. The van der Waals surface area contributed by atoms with Crippen molar-refractivity contribution in [1.29, 1.82) is 0 Å². The van der Waals surface area contributed by atoms with Gasteiger partial charge in [0.1, 0.15) is 5.75 Å². The third-order valence-corrected chi connectivity index (χ3v) is 6.50. The van der Waals surface area contributed by atoms with Crippen LogP contribution in [0.1, 0.15) is 44.4 Å². The van der Waals surface area contributed by atoms with E-state index in [4.69, 9.17) is 9.84 Å². The summed E-state index contributed by atoms with van der Waals surface area (Å²) >= 11 is 1.32. The minimum Gasteiger partial charge on any atom is -0.495 e. The van der Waals surface area contributed by atoms with E-state index in [0.29, 0.717) is 23.5 Å². The quantitative estimate of drug-likeness (QED) is 0.285. The number of hydrogen-bond acceptors (Lipinski definition) is 6. The summed E-state index contributed by atoms with van der Waals surface area (Å²) < 4.78 is 5.28. The van der Waals surface area contributed by atoms with Crippen LogP contribution >= 0.6 is 11.8 Å². The number of carbonyl (C=O) groups is 4. The maximum absolute atomic E-state index is 12.9. The SMILES string of the molecule is CCC(Sc1cccc(NC(=O)c2ccc(C(=O)O)cc2C(=O)O)c1)C(=O)Nc1ccccc1OC. The molecule has 0 aliphatic carbocycles. The topological polar surface area (TPSA) is 142 Å². The standard InChI is InChI=1S/C26H24N2O7S/c1-3-22(24(30)28-20-9-4-5-10-21(20)35-2)36-17-8-6-7-16(14-17)27-23(29)18-12-11-15(25(31)32)13-19(18)26(33)34/h4-14,22H,3H2,1-2H3,(H,27,29)(H,28,30)(H,31,32)(H,33,34). The Balaban J connectivity index is 1.75. The molecule has 0 aliphatic heterocycles. The van der Waals surface area contributed by atoms with Crippen molar-refractivity contribution in [3.63, 3.8) is 0 Å². The van der Waals surface area contributed by atoms with E-state index in [1.54, 1.807) is 48.5 Å². The Bertz CT molecular complexity index is 1310. The van der Waals surface area contributed by atoms with Crippen LogP contribution in [0.2, 0.25) is 0 Å². The first kappa shape index (κ1) is 26.3. The Morgan fingerprint density at radius 3 is 2.31 bits per heavy atom. The molecule has 186 valence electrons. The minimum atomic E-state index is -1.42.